The summed E-state index contributed by atoms with van der Waals surface area (Å²) in [5, 5.41) is 3.10. The highest BCUT2D eigenvalue weighted by atomic mass is 32.2. The highest BCUT2D eigenvalue weighted by molar-refractivity contribution is 7.89. The molecule has 2 rings (SSSR count). The highest BCUT2D eigenvalue weighted by Gasteiger charge is 2.32. The summed E-state index contributed by atoms with van der Waals surface area (Å²) in [6, 6.07) is 5.32. The molecule has 0 saturated carbocycles. The molecule has 1 aliphatic heterocycles. The van der Waals surface area contributed by atoms with Gasteiger partial charge in [0.1, 0.15) is 10.7 Å². The van der Waals surface area contributed by atoms with Gasteiger partial charge in [-0.15, -0.1) is 0 Å². The first-order valence-corrected chi connectivity index (χ1v) is 6.94. The minimum absolute atomic E-state index is 0.159. The number of hydrogen-bond acceptors (Lipinski definition) is 3. The Morgan fingerprint density at radius 2 is 2.12 bits per heavy atom. The summed E-state index contributed by atoms with van der Waals surface area (Å²) in [6.45, 7) is 3.37. The SMILES string of the molecule is C[C@@H]1CNCCN1S(=O)(=O)c1ccccc1F. The van der Waals surface area contributed by atoms with Crippen LogP contribution in [0.3, 0.4) is 0 Å². The second-order valence-electron chi connectivity index (χ2n) is 4.10. The first kappa shape index (κ1) is 12.5. The third kappa shape index (κ3) is 2.34. The van der Waals surface area contributed by atoms with Crippen molar-refractivity contribution in [3.05, 3.63) is 30.1 Å². The van der Waals surface area contributed by atoms with Gasteiger partial charge in [-0.05, 0) is 19.1 Å². The number of piperazine rings is 1. The van der Waals surface area contributed by atoms with E-state index in [1.54, 1.807) is 0 Å². The van der Waals surface area contributed by atoms with Crippen LogP contribution in [0.1, 0.15) is 6.92 Å². The van der Waals surface area contributed by atoms with Gasteiger partial charge in [-0.25, -0.2) is 12.8 Å². The van der Waals surface area contributed by atoms with Crippen LogP contribution in [0.2, 0.25) is 0 Å². The molecule has 1 aliphatic rings. The van der Waals surface area contributed by atoms with Crippen molar-refractivity contribution in [1.82, 2.24) is 9.62 Å². The van der Waals surface area contributed by atoms with Crippen LogP contribution in [0.5, 0.6) is 0 Å². The number of nitrogens with one attached hydrogen (secondary N) is 1. The quantitative estimate of drug-likeness (QED) is 0.854. The zero-order valence-electron chi connectivity index (χ0n) is 9.56. The van der Waals surface area contributed by atoms with Crippen LogP contribution < -0.4 is 5.32 Å². The summed E-state index contributed by atoms with van der Waals surface area (Å²) in [6.07, 6.45) is 0. The molecule has 0 amide bonds. The molecule has 94 valence electrons. The van der Waals surface area contributed by atoms with Crippen molar-refractivity contribution in [3.8, 4) is 0 Å². The number of halogens is 1. The van der Waals surface area contributed by atoms with Gasteiger partial charge in [-0.3, -0.25) is 0 Å². The Bertz CT molecular complexity index is 504. The fraction of sp³-hybridized carbons (Fsp3) is 0.455. The summed E-state index contributed by atoms with van der Waals surface area (Å²) >= 11 is 0. The average molecular weight is 258 g/mol. The molecule has 1 fully saturated rings. The largest absolute Gasteiger partial charge is 0.314 e. The lowest BCUT2D eigenvalue weighted by Gasteiger charge is -2.32. The van der Waals surface area contributed by atoms with Crippen LogP contribution in [-0.4, -0.2) is 38.4 Å². The number of rotatable bonds is 2. The predicted octanol–water partition coefficient (Wildman–Crippen LogP) is 0.808. The molecule has 1 aromatic rings. The van der Waals surface area contributed by atoms with Crippen molar-refractivity contribution in [1.29, 1.82) is 0 Å². The second kappa shape index (κ2) is 4.72. The molecule has 1 N–H and O–H groups in total. The molecule has 1 saturated heterocycles. The van der Waals surface area contributed by atoms with Gasteiger partial charge in [0.25, 0.3) is 0 Å². The summed E-state index contributed by atoms with van der Waals surface area (Å²) in [4.78, 5) is -0.242. The summed E-state index contributed by atoms with van der Waals surface area (Å²) in [5.74, 6) is -0.696. The van der Waals surface area contributed by atoms with Gasteiger partial charge < -0.3 is 5.32 Å². The minimum atomic E-state index is -3.72. The smallest absolute Gasteiger partial charge is 0.246 e. The van der Waals surface area contributed by atoms with E-state index in [0.29, 0.717) is 19.6 Å². The fourth-order valence-corrected chi connectivity index (χ4v) is 3.66. The lowest BCUT2D eigenvalue weighted by molar-refractivity contribution is 0.283. The van der Waals surface area contributed by atoms with E-state index in [4.69, 9.17) is 0 Å². The molecule has 6 heteroatoms. The van der Waals surface area contributed by atoms with Crippen LogP contribution in [0, 0.1) is 5.82 Å². The Labute approximate surface area is 100 Å². The Morgan fingerprint density at radius 3 is 2.76 bits per heavy atom. The van der Waals surface area contributed by atoms with Gasteiger partial charge in [-0.1, -0.05) is 12.1 Å². The summed E-state index contributed by atoms with van der Waals surface area (Å²) in [7, 11) is -3.72. The molecule has 1 aromatic carbocycles. The van der Waals surface area contributed by atoms with Gasteiger partial charge in [0.15, 0.2) is 0 Å². The Hall–Kier alpha value is -0.980. The van der Waals surface area contributed by atoms with E-state index in [-0.39, 0.29) is 10.9 Å². The predicted molar refractivity (Wildman–Crippen MR) is 62.6 cm³/mol. The van der Waals surface area contributed by atoms with Gasteiger partial charge >= 0.3 is 0 Å². The number of benzene rings is 1. The lowest BCUT2D eigenvalue weighted by atomic mass is 10.3. The molecule has 0 aliphatic carbocycles. The van der Waals surface area contributed by atoms with Crippen molar-refractivity contribution < 1.29 is 12.8 Å². The molecule has 0 bridgehead atoms. The van der Waals surface area contributed by atoms with Crippen LogP contribution in [0.4, 0.5) is 4.39 Å². The zero-order valence-corrected chi connectivity index (χ0v) is 10.4. The highest BCUT2D eigenvalue weighted by Crippen LogP contribution is 2.21. The molecule has 17 heavy (non-hydrogen) atoms. The molecule has 1 heterocycles. The lowest BCUT2D eigenvalue weighted by Crippen LogP contribution is -2.52. The minimum Gasteiger partial charge on any atom is -0.314 e. The molecule has 0 aromatic heterocycles. The maximum Gasteiger partial charge on any atom is 0.246 e. The van der Waals surface area contributed by atoms with E-state index in [1.165, 1.54) is 28.6 Å². The zero-order chi connectivity index (χ0) is 12.5. The third-order valence-corrected chi connectivity index (χ3v) is 4.91. The Balaban J connectivity index is 2.39. The van der Waals surface area contributed by atoms with Crippen LogP contribution in [0.25, 0.3) is 0 Å². The van der Waals surface area contributed by atoms with Crippen molar-refractivity contribution in [2.45, 2.75) is 17.9 Å². The first-order valence-electron chi connectivity index (χ1n) is 5.50. The van der Waals surface area contributed by atoms with Gasteiger partial charge in [0.2, 0.25) is 10.0 Å². The average Bonchev–Trinajstić information content (AvgIpc) is 2.29. The molecule has 0 spiro atoms. The van der Waals surface area contributed by atoms with Crippen LogP contribution >= 0.6 is 0 Å². The van der Waals surface area contributed by atoms with Crippen molar-refractivity contribution in [2.75, 3.05) is 19.6 Å². The molecule has 0 radical (unpaired) electrons. The molecule has 4 nitrogen and oxygen atoms in total. The van der Waals surface area contributed by atoms with E-state index in [2.05, 4.69) is 5.32 Å². The van der Waals surface area contributed by atoms with Crippen molar-refractivity contribution >= 4 is 10.0 Å². The monoisotopic (exact) mass is 258 g/mol. The van der Waals surface area contributed by atoms with Gasteiger partial charge in [-0.2, -0.15) is 4.31 Å². The van der Waals surface area contributed by atoms with E-state index >= 15 is 0 Å². The van der Waals surface area contributed by atoms with Gasteiger partial charge in [0, 0.05) is 25.7 Å². The number of hydrogen-bond donors (Lipinski definition) is 1. The van der Waals surface area contributed by atoms with E-state index in [0.717, 1.165) is 0 Å². The maximum atomic E-state index is 13.5. The van der Waals surface area contributed by atoms with E-state index < -0.39 is 15.8 Å². The fourth-order valence-electron chi connectivity index (χ4n) is 1.96. The molecule has 0 unspecified atom stereocenters. The molecular weight excluding hydrogens is 243 g/mol. The van der Waals surface area contributed by atoms with E-state index in [1.807, 2.05) is 6.92 Å². The normalized spacial score (nSPS) is 22.6. The van der Waals surface area contributed by atoms with Crippen molar-refractivity contribution in [2.24, 2.45) is 0 Å². The molecular formula is C11H15FN2O2S. The summed E-state index contributed by atoms with van der Waals surface area (Å²) < 4.78 is 39.4. The first-order chi connectivity index (χ1) is 8.03. The Kier molecular flexibility index (Phi) is 3.46. The summed E-state index contributed by atoms with van der Waals surface area (Å²) in [5.41, 5.74) is 0. The number of nitrogens with zero attached hydrogens (tertiary/aromatic N) is 1. The van der Waals surface area contributed by atoms with Gasteiger partial charge in [0.05, 0.1) is 0 Å². The Morgan fingerprint density at radius 1 is 1.41 bits per heavy atom. The second-order valence-corrected chi connectivity index (χ2v) is 5.96. The van der Waals surface area contributed by atoms with Crippen LogP contribution in [0.15, 0.2) is 29.2 Å². The molecule has 1 atom stereocenters. The maximum absolute atomic E-state index is 13.5. The number of sulfonamides is 1. The van der Waals surface area contributed by atoms with Crippen LogP contribution in [-0.2, 0) is 10.0 Å². The van der Waals surface area contributed by atoms with E-state index in [9.17, 15) is 12.8 Å². The standard InChI is InChI=1S/C11H15FN2O2S/c1-9-8-13-6-7-14(9)17(15,16)11-5-3-2-4-10(11)12/h2-5,9,13H,6-8H2,1H3/t9-/m1/s1. The third-order valence-electron chi connectivity index (χ3n) is 2.86. The topological polar surface area (TPSA) is 49.4 Å². The van der Waals surface area contributed by atoms with Crippen molar-refractivity contribution in [3.63, 3.8) is 0 Å².